The Morgan fingerprint density at radius 1 is 1.04 bits per heavy atom. The predicted octanol–water partition coefficient (Wildman–Crippen LogP) is 4.02. The van der Waals surface area contributed by atoms with E-state index in [1.807, 2.05) is 30.3 Å². The van der Waals surface area contributed by atoms with Crippen LogP contribution in [0.3, 0.4) is 0 Å². The Bertz CT molecular complexity index is 604. The molecule has 1 aromatic carbocycles. The van der Waals surface area contributed by atoms with Gasteiger partial charge < -0.3 is 5.32 Å². The molecule has 1 amide bonds. The molecule has 0 saturated carbocycles. The molecule has 1 saturated heterocycles. The van der Waals surface area contributed by atoms with Crippen LogP contribution in [0.5, 0.6) is 0 Å². The normalized spacial score (nSPS) is 17.2. The molecule has 1 aliphatic rings. The number of nitrogens with zero attached hydrogens (tertiary/aromatic N) is 1. The Morgan fingerprint density at radius 3 is 2.46 bits per heavy atom. The number of nitrogens with one attached hydrogen (secondary N) is 1. The summed E-state index contributed by atoms with van der Waals surface area (Å²) in [4.78, 5) is 16.2. The molecule has 1 N–H and O–H groups in total. The average Bonchev–Trinajstić information content (AvgIpc) is 2.99. The van der Waals surface area contributed by atoms with Gasteiger partial charge >= 0.3 is 0 Å². The van der Waals surface area contributed by atoms with Crippen LogP contribution in [0.15, 0.2) is 47.8 Å². The fraction of sp³-hybridized carbons (Fsp3) is 0.450. The van der Waals surface area contributed by atoms with Crippen LogP contribution in [0, 0.1) is 0 Å². The molecule has 128 valence electrons. The summed E-state index contributed by atoms with van der Waals surface area (Å²) in [5.41, 5.74) is 1.07. The fourth-order valence-electron chi connectivity index (χ4n) is 3.35. The summed E-state index contributed by atoms with van der Waals surface area (Å²) in [7, 11) is 0. The lowest BCUT2D eigenvalue weighted by Crippen LogP contribution is -2.38. The minimum Gasteiger partial charge on any atom is -0.354 e. The highest BCUT2D eigenvalue weighted by atomic mass is 32.1. The maximum Gasteiger partial charge on any atom is 0.224 e. The Labute approximate surface area is 148 Å². The number of rotatable bonds is 6. The number of benzene rings is 1. The van der Waals surface area contributed by atoms with E-state index in [9.17, 15) is 4.79 Å². The third-order valence-corrected chi connectivity index (χ3v) is 5.63. The van der Waals surface area contributed by atoms with Crippen molar-refractivity contribution in [1.29, 1.82) is 0 Å². The van der Waals surface area contributed by atoms with E-state index in [-0.39, 0.29) is 5.91 Å². The number of amides is 1. The number of hydrogen-bond donors (Lipinski definition) is 1. The van der Waals surface area contributed by atoms with E-state index in [4.69, 9.17) is 0 Å². The van der Waals surface area contributed by atoms with Crippen molar-refractivity contribution in [2.45, 2.75) is 38.1 Å². The first kappa shape index (κ1) is 17.2. The third-order valence-electron chi connectivity index (χ3n) is 4.65. The van der Waals surface area contributed by atoms with Crippen LogP contribution in [-0.2, 0) is 11.2 Å². The van der Waals surface area contributed by atoms with Gasteiger partial charge in [0.25, 0.3) is 0 Å². The van der Waals surface area contributed by atoms with Gasteiger partial charge in [0.1, 0.15) is 0 Å². The summed E-state index contributed by atoms with van der Waals surface area (Å²) >= 11 is 1.79. The molecule has 2 heterocycles. The van der Waals surface area contributed by atoms with Crippen molar-refractivity contribution in [2.75, 3.05) is 19.6 Å². The van der Waals surface area contributed by atoms with E-state index in [0.717, 1.165) is 18.7 Å². The highest BCUT2D eigenvalue weighted by Crippen LogP contribution is 2.27. The molecule has 0 radical (unpaired) electrons. The second-order valence-electron chi connectivity index (χ2n) is 6.45. The molecule has 1 aromatic heterocycles. The Hall–Kier alpha value is -1.65. The van der Waals surface area contributed by atoms with Crippen LogP contribution in [0.25, 0.3) is 0 Å². The smallest absolute Gasteiger partial charge is 0.224 e. The van der Waals surface area contributed by atoms with Gasteiger partial charge in [-0.05, 0) is 42.9 Å². The van der Waals surface area contributed by atoms with Crippen LogP contribution in [-0.4, -0.2) is 30.4 Å². The van der Waals surface area contributed by atoms with Crippen LogP contribution < -0.4 is 5.32 Å². The predicted molar refractivity (Wildman–Crippen MR) is 100 cm³/mol. The summed E-state index contributed by atoms with van der Waals surface area (Å²) in [6.45, 7) is 2.97. The van der Waals surface area contributed by atoms with E-state index in [1.54, 1.807) is 11.3 Å². The fourth-order valence-corrected chi connectivity index (χ4v) is 4.21. The molecular weight excluding hydrogens is 316 g/mol. The zero-order valence-corrected chi connectivity index (χ0v) is 14.9. The number of hydrogen-bond acceptors (Lipinski definition) is 3. The molecule has 2 aromatic rings. The lowest BCUT2D eigenvalue weighted by atomic mass is 10.1. The zero-order chi connectivity index (χ0) is 16.6. The van der Waals surface area contributed by atoms with Crippen molar-refractivity contribution in [2.24, 2.45) is 0 Å². The second kappa shape index (κ2) is 9.00. The van der Waals surface area contributed by atoms with Gasteiger partial charge in [-0.15, -0.1) is 11.3 Å². The standard InChI is InChI=1S/C20H26N2OS/c23-20(15-17-9-4-3-5-10-17)21-16-18(19-11-8-14-24-19)22-12-6-1-2-7-13-22/h3-5,8-11,14,18H,1-2,6-7,12-13,15-16H2,(H,21,23). The van der Waals surface area contributed by atoms with Crippen molar-refractivity contribution < 1.29 is 4.79 Å². The van der Waals surface area contributed by atoms with Gasteiger partial charge in [0, 0.05) is 11.4 Å². The lowest BCUT2D eigenvalue weighted by Gasteiger charge is -2.30. The summed E-state index contributed by atoms with van der Waals surface area (Å²) in [6, 6.07) is 14.6. The van der Waals surface area contributed by atoms with Gasteiger partial charge in [-0.2, -0.15) is 0 Å². The molecular formula is C20H26N2OS. The van der Waals surface area contributed by atoms with Gasteiger partial charge in [0.2, 0.25) is 5.91 Å². The molecule has 24 heavy (non-hydrogen) atoms. The van der Waals surface area contributed by atoms with Crippen LogP contribution in [0.1, 0.15) is 42.2 Å². The highest BCUT2D eigenvalue weighted by Gasteiger charge is 2.22. The van der Waals surface area contributed by atoms with Gasteiger partial charge in [-0.25, -0.2) is 0 Å². The second-order valence-corrected chi connectivity index (χ2v) is 7.43. The summed E-state index contributed by atoms with van der Waals surface area (Å²) < 4.78 is 0. The molecule has 1 unspecified atom stereocenters. The minimum absolute atomic E-state index is 0.109. The first-order valence-electron chi connectivity index (χ1n) is 8.91. The molecule has 3 nitrogen and oxygen atoms in total. The summed E-state index contributed by atoms with van der Waals surface area (Å²) in [6.07, 6.45) is 5.64. The molecule has 3 rings (SSSR count). The van der Waals surface area contributed by atoms with Crippen LogP contribution in [0.4, 0.5) is 0 Å². The van der Waals surface area contributed by atoms with Gasteiger partial charge in [0.05, 0.1) is 12.5 Å². The SMILES string of the molecule is O=C(Cc1ccccc1)NCC(c1cccs1)N1CCCCCC1. The minimum atomic E-state index is 0.109. The molecule has 1 aliphatic heterocycles. The molecule has 0 spiro atoms. The van der Waals surface area contributed by atoms with E-state index in [2.05, 4.69) is 27.7 Å². The van der Waals surface area contributed by atoms with Crippen LogP contribution >= 0.6 is 11.3 Å². The largest absolute Gasteiger partial charge is 0.354 e. The molecule has 0 bridgehead atoms. The van der Waals surface area contributed by atoms with Crippen LogP contribution in [0.2, 0.25) is 0 Å². The van der Waals surface area contributed by atoms with Crippen molar-refractivity contribution >= 4 is 17.2 Å². The average molecular weight is 343 g/mol. The van der Waals surface area contributed by atoms with Crippen molar-refractivity contribution in [3.8, 4) is 0 Å². The summed E-state index contributed by atoms with van der Waals surface area (Å²) in [5.74, 6) is 0.109. The van der Waals surface area contributed by atoms with Crippen molar-refractivity contribution in [1.82, 2.24) is 10.2 Å². The lowest BCUT2D eigenvalue weighted by molar-refractivity contribution is -0.120. The number of carbonyl (C=O) groups excluding carboxylic acids is 1. The molecule has 1 fully saturated rings. The van der Waals surface area contributed by atoms with E-state index in [1.165, 1.54) is 30.6 Å². The third kappa shape index (κ3) is 4.92. The van der Waals surface area contributed by atoms with Crippen molar-refractivity contribution in [3.05, 3.63) is 58.3 Å². The number of likely N-dealkylation sites (tertiary alicyclic amines) is 1. The van der Waals surface area contributed by atoms with E-state index >= 15 is 0 Å². The molecule has 4 heteroatoms. The first-order chi connectivity index (χ1) is 11.8. The molecule has 1 atom stereocenters. The van der Waals surface area contributed by atoms with Gasteiger partial charge in [-0.1, -0.05) is 49.2 Å². The van der Waals surface area contributed by atoms with E-state index < -0.39 is 0 Å². The molecule has 0 aliphatic carbocycles. The topological polar surface area (TPSA) is 32.3 Å². The zero-order valence-electron chi connectivity index (χ0n) is 14.1. The van der Waals surface area contributed by atoms with E-state index in [0.29, 0.717) is 19.0 Å². The Balaban J connectivity index is 1.60. The van der Waals surface area contributed by atoms with Gasteiger partial charge in [0.15, 0.2) is 0 Å². The highest BCUT2D eigenvalue weighted by molar-refractivity contribution is 7.10. The van der Waals surface area contributed by atoms with Crippen molar-refractivity contribution in [3.63, 3.8) is 0 Å². The quantitative estimate of drug-likeness (QED) is 0.860. The maximum absolute atomic E-state index is 12.3. The monoisotopic (exact) mass is 342 g/mol. The first-order valence-corrected chi connectivity index (χ1v) is 9.79. The van der Waals surface area contributed by atoms with Gasteiger partial charge in [-0.3, -0.25) is 9.69 Å². The maximum atomic E-state index is 12.3. The number of carbonyl (C=O) groups is 1. The number of thiophene rings is 1. The Kier molecular flexibility index (Phi) is 6.44. The Morgan fingerprint density at radius 2 is 1.79 bits per heavy atom. The summed E-state index contributed by atoms with van der Waals surface area (Å²) in [5, 5.41) is 5.29.